The molecule has 0 fully saturated rings. The van der Waals surface area contributed by atoms with E-state index in [0.717, 1.165) is 22.3 Å². The third kappa shape index (κ3) is 2.66. The molecule has 0 aliphatic carbocycles. The summed E-state index contributed by atoms with van der Waals surface area (Å²) in [4.78, 5) is 8.53. The number of rotatable bonds is 3. The normalized spacial score (nSPS) is 10.6. The van der Waals surface area contributed by atoms with Gasteiger partial charge in [0.25, 0.3) is 0 Å². The lowest BCUT2D eigenvalue weighted by molar-refractivity contribution is 0.304. The topological polar surface area (TPSA) is 35.0 Å². The van der Waals surface area contributed by atoms with Gasteiger partial charge in [-0.1, -0.05) is 35.9 Å². The number of hydrogen-bond acceptors (Lipinski definition) is 3. The molecule has 3 aromatic rings. The molecule has 0 aliphatic heterocycles. The summed E-state index contributed by atoms with van der Waals surface area (Å²) in [5.74, 6) is 0.750. The van der Waals surface area contributed by atoms with Crippen molar-refractivity contribution in [1.82, 2.24) is 9.97 Å². The molecule has 0 bridgehead atoms. The number of halogens is 1. The number of nitrogens with zero attached hydrogens (tertiary/aromatic N) is 2. The van der Waals surface area contributed by atoms with E-state index in [1.54, 1.807) is 12.3 Å². The highest BCUT2D eigenvalue weighted by molar-refractivity contribution is 6.29. The summed E-state index contributed by atoms with van der Waals surface area (Å²) >= 11 is 5.84. The molecule has 0 saturated heterocycles. The Hall–Kier alpha value is -2.13. The van der Waals surface area contributed by atoms with Gasteiger partial charge in [-0.15, -0.1) is 0 Å². The zero-order valence-electron chi connectivity index (χ0n) is 10.1. The van der Waals surface area contributed by atoms with Crippen LogP contribution in [0.5, 0.6) is 5.75 Å². The SMILES string of the molecule is Clc1cccc(COc2cccc3cccnc23)n1. The highest BCUT2D eigenvalue weighted by Gasteiger charge is 2.03. The molecule has 0 amide bonds. The van der Waals surface area contributed by atoms with Crippen LogP contribution in [0.2, 0.25) is 5.15 Å². The Morgan fingerprint density at radius 2 is 1.84 bits per heavy atom. The molecule has 2 heterocycles. The highest BCUT2D eigenvalue weighted by Crippen LogP contribution is 2.23. The number of benzene rings is 1. The van der Waals surface area contributed by atoms with Crippen molar-refractivity contribution in [3.8, 4) is 5.75 Å². The summed E-state index contributed by atoms with van der Waals surface area (Å²) in [5, 5.41) is 1.52. The van der Waals surface area contributed by atoms with Gasteiger partial charge < -0.3 is 4.74 Å². The largest absolute Gasteiger partial charge is 0.485 e. The van der Waals surface area contributed by atoms with E-state index in [9.17, 15) is 0 Å². The summed E-state index contributed by atoms with van der Waals surface area (Å²) in [6.45, 7) is 0.371. The van der Waals surface area contributed by atoms with Crippen LogP contribution in [0.4, 0.5) is 0 Å². The van der Waals surface area contributed by atoms with Gasteiger partial charge in [-0.25, -0.2) is 4.98 Å². The maximum absolute atomic E-state index is 5.84. The Labute approximate surface area is 115 Å². The van der Waals surface area contributed by atoms with Crippen molar-refractivity contribution < 1.29 is 4.74 Å². The molecule has 0 atom stereocenters. The molecule has 0 aliphatic rings. The molecule has 0 saturated carbocycles. The number of hydrogen-bond donors (Lipinski definition) is 0. The zero-order chi connectivity index (χ0) is 13.1. The molecule has 94 valence electrons. The van der Waals surface area contributed by atoms with E-state index in [-0.39, 0.29) is 0 Å². The molecule has 0 radical (unpaired) electrons. The molecule has 0 spiro atoms. The maximum Gasteiger partial charge on any atom is 0.146 e. The second-order valence-electron chi connectivity index (χ2n) is 4.07. The lowest BCUT2D eigenvalue weighted by Crippen LogP contribution is -1.99. The van der Waals surface area contributed by atoms with E-state index >= 15 is 0 Å². The molecule has 3 rings (SSSR count). The van der Waals surface area contributed by atoms with Crippen molar-refractivity contribution in [2.24, 2.45) is 0 Å². The van der Waals surface area contributed by atoms with E-state index < -0.39 is 0 Å². The third-order valence-electron chi connectivity index (χ3n) is 2.74. The van der Waals surface area contributed by atoms with Crippen LogP contribution < -0.4 is 4.74 Å². The van der Waals surface area contributed by atoms with Gasteiger partial charge in [0, 0.05) is 11.6 Å². The Bertz CT molecular complexity index is 710. The average Bonchev–Trinajstić information content (AvgIpc) is 2.45. The fraction of sp³-hybridized carbons (Fsp3) is 0.0667. The number of fused-ring (bicyclic) bond motifs is 1. The standard InChI is InChI=1S/C15H11ClN2O/c16-14-8-2-6-12(18-14)10-19-13-7-1-4-11-5-3-9-17-15(11)13/h1-9H,10H2. The van der Waals surface area contributed by atoms with Crippen molar-refractivity contribution >= 4 is 22.5 Å². The molecule has 19 heavy (non-hydrogen) atoms. The fourth-order valence-electron chi connectivity index (χ4n) is 1.88. The monoisotopic (exact) mass is 270 g/mol. The molecular weight excluding hydrogens is 260 g/mol. The first-order valence-electron chi connectivity index (χ1n) is 5.91. The van der Waals surface area contributed by atoms with Crippen molar-refractivity contribution in [2.45, 2.75) is 6.61 Å². The number of para-hydroxylation sites is 1. The predicted molar refractivity (Wildman–Crippen MR) is 75.3 cm³/mol. The second kappa shape index (κ2) is 5.24. The summed E-state index contributed by atoms with van der Waals surface area (Å²) in [5.41, 5.74) is 1.65. The van der Waals surface area contributed by atoms with Gasteiger partial charge in [-0.2, -0.15) is 0 Å². The third-order valence-corrected chi connectivity index (χ3v) is 2.95. The molecule has 0 N–H and O–H groups in total. The van der Waals surface area contributed by atoms with Crippen molar-refractivity contribution in [3.63, 3.8) is 0 Å². The van der Waals surface area contributed by atoms with Crippen LogP contribution >= 0.6 is 11.6 Å². The molecule has 2 aromatic heterocycles. The summed E-state index contributed by atoms with van der Waals surface area (Å²) in [7, 11) is 0. The second-order valence-corrected chi connectivity index (χ2v) is 4.46. The van der Waals surface area contributed by atoms with Gasteiger partial charge in [-0.05, 0) is 24.3 Å². The van der Waals surface area contributed by atoms with E-state index in [4.69, 9.17) is 16.3 Å². The molecule has 1 aromatic carbocycles. The van der Waals surface area contributed by atoms with Gasteiger partial charge >= 0.3 is 0 Å². The van der Waals surface area contributed by atoms with Gasteiger partial charge in [0.05, 0.1) is 5.69 Å². The van der Waals surface area contributed by atoms with Crippen LogP contribution in [0.15, 0.2) is 54.7 Å². The van der Waals surface area contributed by atoms with Gasteiger partial charge in [-0.3, -0.25) is 4.98 Å². The Morgan fingerprint density at radius 1 is 1.00 bits per heavy atom. The summed E-state index contributed by atoms with van der Waals surface area (Å²) in [6, 6.07) is 15.2. The number of aromatic nitrogens is 2. The minimum absolute atomic E-state index is 0.371. The van der Waals surface area contributed by atoms with Crippen molar-refractivity contribution in [3.05, 3.63) is 65.6 Å². The van der Waals surface area contributed by atoms with E-state index in [1.807, 2.05) is 42.5 Å². The quantitative estimate of drug-likeness (QED) is 0.678. The minimum Gasteiger partial charge on any atom is -0.485 e. The number of pyridine rings is 2. The Morgan fingerprint density at radius 3 is 2.74 bits per heavy atom. The van der Waals surface area contributed by atoms with Crippen LogP contribution in [0.3, 0.4) is 0 Å². The van der Waals surface area contributed by atoms with E-state index in [0.29, 0.717) is 11.8 Å². The van der Waals surface area contributed by atoms with E-state index in [1.165, 1.54) is 0 Å². The molecule has 3 nitrogen and oxygen atoms in total. The first-order chi connectivity index (χ1) is 9.33. The van der Waals surface area contributed by atoms with Crippen LogP contribution in [-0.2, 0) is 6.61 Å². The minimum atomic E-state index is 0.371. The van der Waals surface area contributed by atoms with Crippen LogP contribution in [0.25, 0.3) is 10.9 Å². The lowest BCUT2D eigenvalue weighted by Gasteiger charge is -2.08. The van der Waals surface area contributed by atoms with Gasteiger partial charge in [0.1, 0.15) is 23.0 Å². The maximum atomic E-state index is 5.84. The average molecular weight is 271 g/mol. The molecular formula is C15H11ClN2O. The first kappa shape index (κ1) is 11.9. The lowest BCUT2D eigenvalue weighted by atomic mass is 10.2. The Kier molecular flexibility index (Phi) is 3.29. The molecule has 4 heteroatoms. The zero-order valence-corrected chi connectivity index (χ0v) is 10.8. The predicted octanol–water partition coefficient (Wildman–Crippen LogP) is 3.86. The van der Waals surface area contributed by atoms with Gasteiger partial charge in [0.2, 0.25) is 0 Å². The van der Waals surface area contributed by atoms with Crippen LogP contribution in [0, 0.1) is 0 Å². The molecule has 0 unspecified atom stereocenters. The smallest absolute Gasteiger partial charge is 0.146 e. The first-order valence-corrected chi connectivity index (χ1v) is 6.29. The number of ether oxygens (including phenoxy) is 1. The van der Waals surface area contributed by atoms with Crippen molar-refractivity contribution in [2.75, 3.05) is 0 Å². The Balaban J connectivity index is 1.86. The highest BCUT2D eigenvalue weighted by atomic mass is 35.5. The van der Waals surface area contributed by atoms with Crippen molar-refractivity contribution in [1.29, 1.82) is 0 Å². The van der Waals surface area contributed by atoms with Crippen LogP contribution in [-0.4, -0.2) is 9.97 Å². The van der Waals surface area contributed by atoms with Gasteiger partial charge in [0.15, 0.2) is 0 Å². The summed E-state index contributed by atoms with van der Waals surface area (Å²) < 4.78 is 5.78. The van der Waals surface area contributed by atoms with E-state index in [2.05, 4.69) is 9.97 Å². The fourth-order valence-corrected chi connectivity index (χ4v) is 2.06. The summed E-state index contributed by atoms with van der Waals surface area (Å²) in [6.07, 6.45) is 1.76. The van der Waals surface area contributed by atoms with Crippen LogP contribution in [0.1, 0.15) is 5.69 Å².